The molecule has 0 radical (unpaired) electrons. The van der Waals surface area contributed by atoms with Crippen LogP contribution < -0.4 is 4.90 Å². The van der Waals surface area contributed by atoms with E-state index in [9.17, 15) is 0 Å². The molecule has 0 unspecified atom stereocenters. The van der Waals surface area contributed by atoms with Gasteiger partial charge in [0, 0.05) is 33.5 Å². The zero-order valence-corrected chi connectivity index (χ0v) is 33.0. The highest BCUT2D eigenvalue weighted by molar-refractivity contribution is 6.16. The number of aromatic nitrogens is 1. The quantitative estimate of drug-likeness (QED) is 0.150. The van der Waals surface area contributed by atoms with Gasteiger partial charge in [0.25, 0.3) is 0 Å². The summed E-state index contributed by atoms with van der Waals surface area (Å²) in [5.74, 6) is 0. The first kappa shape index (κ1) is 35.2. The van der Waals surface area contributed by atoms with E-state index >= 15 is 0 Å². The molecule has 11 rings (SSSR count). The van der Waals surface area contributed by atoms with E-state index in [2.05, 4.69) is 252 Å². The lowest BCUT2D eigenvalue weighted by Gasteiger charge is -2.26. The van der Waals surface area contributed by atoms with Crippen molar-refractivity contribution in [2.45, 2.75) is 0 Å². The Balaban J connectivity index is 1.00. The summed E-state index contributed by atoms with van der Waals surface area (Å²) in [6, 6.07) is 87.7. The van der Waals surface area contributed by atoms with E-state index in [1.54, 1.807) is 0 Å². The van der Waals surface area contributed by atoms with Gasteiger partial charge in [0.05, 0.1) is 11.0 Å². The molecule has 0 atom stereocenters. The number of rotatable bonds is 8. The molecule has 0 saturated heterocycles. The highest BCUT2D eigenvalue weighted by atomic mass is 15.1. The third-order valence-electron chi connectivity index (χ3n) is 11.8. The molecule has 11 aromatic rings. The summed E-state index contributed by atoms with van der Waals surface area (Å²) in [5.41, 5.74) is 16.5. The van der Waals surface area contributed by atoms with Crippen LogP contribution in [0.4, 0.5) is 17.1 Å². The number of nitrogens with zero attached hydrogens (tertiary/aromatic N) is 2. The van der Waals surface area contributed by atoms with Gasteiger partial charge >= 0.3 is 0 Å². The lowest BCUT2D eigenvalue weighted by molar-refractivity contribution is 1.18. The highest BCUT2D eigenvalue weighted by Crippen LogP contribution is 2.43. The number of para-hydroxylation sites is 2. The standard InChI is InChI=1S/C58H40N2/c1-3-15-41(16-4-1)42-29-35-47(36-30-42)59(48-37-31-44(32-38-48)51-25-13-18-43-17-7-8-21-50(43)51)49-39-33-45(34-40-49)52-22-9-10-23-53(52)54-26-14-28-57-58(54)55-24-11-12-27-56(55)60(57)46-19-5-2-6-20-46/h1-40H. The van der Waals surface area contributed by atoms with E-state index in [-0.39, 0.29) is 0 Å². The zero-order valence-electron chi connectivity index (χ0n) is 33.0. The SMILES string of the molecule is c1ccc(-c2ccc(N(c3ccc(-c4ccccc4-c4cccc5c4c4ccccc4n5-c4ccccc4)cc3)c3ccc(-c4cccc5ccccc45)cc3)cc2)cc1. The van der Waals surface area contributed by atoms with Gasteiger partial charge in [-0.25, -0.2) is 0 Å². The molecular weight excluding hydrogens is 725 g/mol. The molecule has 0 fully saturated rings. The molecule has 0 saturated carbocycles. The second kappa shape index (κ2) is 15.1. The summed E-state index contributed by atoms with van der Waals surface area (Å²) in [6.07, 6.45) is 0. The van der Waals surface area contributed by atoms with Crippen molar-refractivity contribution in [3.63, 3.8) is 0 Å². The molecular formula is C58H40N2. The number of fused-ring (bicyclic) bond motifs is 4. The third kappa shape index (κ3) is 6.23. The molecule has 0 aliphatic rings. The van der Waals surface area contributed by atoms with Crippen molar-refractivity contribution >= 4 is 49.6 Å². The fraction of sp³-hybridized carbons (Fsp3) is 0. The van der Waals surface area contributed by atoms with Gasteiger partial charge in [-0.15, -0.1) is 0 Å². The maximum Gasteiger partial charge on any atom is 0.0547 e. The van der Waals surface area contributed by atoms with Crippen LogP contribution >= 0.6 is 0 Å². The molecule has 0 bridgehead atoms. The second-order valence-corrected chi connectivity index (χ2v) is 15.3. The summed E-state index contributed by atoms with van der Waals surface area (Å²) < 4.78 is 2.39. The van der Waals surface area contributed by atoms with Gasteiger partial charge in [-0.05, 0) is 116 Å². The van der Waals surface area contributed by atoms with Crippen LogP contribution in [0.25, 0.3) is 82.8 Å². The van der Waals surface area contributed by atoms with Gasteiger partial charge in [-0.3, -0.25) is 0 Å². The largest absolute Gasteiger partial charge is 0.311 e. The number of anilines is 3. The van der Waals surface area contributed by atoms with Gasteiger partial charge < -0.3 is 9.47 Å². The Labute approximate surface area is 350 Å². The Hall–Kier alpha value is -7.94. The first-order valence-electron chi connectivity index (χ1n) is 20.6. The molecule has 1 heterocycles. The van der Waals surface area contributed by atoms with Crippen molar-refractivity contribution < 1.29 is 0 Å². The molecule has 2 heteroatoms. The average Bonchev–Trinajstić information content (AvgIpc) is 3.67. The Morgan fingerprint density at radius 2 is 0.717 bits per heavy atom. The molecule has 10 aromatic carbocycles. The maximum atomic E-state index is 2.39. The Morgan fingerprint density at radius 3 is 1.42 bits per heavy atom. The van der Waals surface area contributed by atoms with E-state index in [0.29, 0.717) is 0 Å². The smallest absolute Gasteiger partial charge is 0.0547 e. The second-order valence-electron chi connectivity index (χ2n) is 15.3. The molecule has 2 nitrogen and oxygen atoms in total. The lowest BCUT2D eigenvalue weighted by Crippen LogP contribution is -2.09. The summed E-state index contributed by atoms with van der Waals surface area (Å²) >= 11 is 0. The lowest BCUT2D eigenvalue weighted by atomic mass is 9.92. The van der Waals surface area contributed by atoms with Crippen LogP contribution in [0.15, 0.2) is 243 Å². The van der Waals surface area contributed by atoms with Gasteiger partial charge in [-0.2, -0.15) is 0 Å². The van der Waals surface area contributed by atoms with Gasteiger partial charge in [0.1, 0.15) is 0 Å². The van der Waals surface area contributed by atoms with Crippen molar-refractivity contribution in [2.24, 2.45) is 0 Å². The first-order valence-corrected chi connectivity index (χ1v) is 20.6. The predicted octanol–water partition coefficient (Wildman–Crippen LogP) is 16.1. The normalized spacial score (nSPS) is 11.3. The summed E-state index contributed by atoms with van der Waals surface area (Å²) in [5, 5.41) is 5.02. The van der Waals surface area contributed by atoms with Crippen LogP contribution in [0.2, 0.25) is 0 Å². The van der Waals surface area contributed by atoms with Gasteiger partial charge in [-0.1, -0.05) is 182 Å². The van der Waals surface area contributed by atoms with Crippen LogP contribution in [0.1, 0.15) is 0 Å². The number of hydrogen-bond acceptors (Lipinski definition) is 1. The van der Waals surface area contributed by atoms with Crippen molar-refractivity contribution in [2.75, 3.05) is 4.90 Å². The van der Waals surface area contributed by atoms with Crippen LogP contribution in [-0.4, -0.2) is 4.57 Å². The first-order chi connectivity index (χ1) is 29.8. The molecule has 60 heavy (non-hydrogen) atoms. The van der Waals surface area contributed by atoms with Crippen LogP contribution in [0, 0.1) is 0 Å². The van der Waals surface area contributed by atoms with Crippen molar-refractivity contribution in [1.29, 1.82) is 0 Å². The Morgan fingerprint density at radius 1 is 0.267 bits per heavy atom. The summed E-state index contributed by atoms with van der Waals surface area (Å²) in [4.78, 5) is 2.36. The molecule has 282 valence electrons. The third-order valence-corrected chi connectivity index (χ3v) is 11.8. The molecule has 0 spiro atoms. The predicted molar refractivity (Wildman–Crippen MR) is 255 cm³/mol. The summed E-state index contributed by atoms with van der Waals surface area (Å²) in [7, 11) is 0. The monoisotopic (exact) mass is 764 g/mol. The molecule has 1 aromatic heterocycles. The number of benzene rings is 10. The minimum atomic E-state index is 1.09. The molecule has 0 aliphatic carbocycles. The van der Waals surface area contributed by atoms with E-state index in [0.717, 1.165) is 22.7 Å². The minimum absolute atomic E-state index is 1.09. The average molecular weight is 765 g/mol. The van der Waals surface area contributed by atoms with Crippen LogP contribution in [0.3, 0.4) is 0 Å². The maximum absolute atomic E-state index is 2.39. The van der Waals surface area contributed by atoms with Crippen LogP contribution in [-0.2, 0) is 0 Å². The van der Waals surface area contributed by atoms with Crippen molar-refractivity contribution in [3.05, 3.63) is 243 Å². The number of hydrogen-bond donors (Lipinski definition) is 0. The topological polar surface area (TPSA) is 8.17 Å². The zero-order chi connectivity index (χ0) is 39.8. The molecule has 0 N–H and O–H groups in total. The summed E-state index contributed by atoms with van der Waals surface area (Å²) in [6.45, 7) is 0. The van der Waals surface area contributed by atoms with Crippen molar-refractivity contribution in [3.8, 4) is 50.2 Å². The highest BCUT2D eigenvalue weighted by Gasteiger charge is 2.19. The fourth-order valence-electron chi connectivity index (χ4n) is 9.01. The van der Waals surface area contributed by atoms with Crippen LogP contribution in [0.5, 0.6) is 0 Å². The van der Waals surface area contributed by atoms with Gasteiger partial charge in [0.2, 0.25) is 0 Å². The van der Waals surface area contributed by atoms with E-state index in [1.807, 2.05) is 0 Å². The van der Waals surface area contributed by atoms with E-state index < -0.39 is 0 Å². The van der Waals surface area contributed by atoms with E-state index in [1.165, 1.54) is 77.1 Å². The Bertz CT molecular complexity index is 3270. The van der Waals surface area contributed by atoms with Crippen molar-refractivity contribution in [1.82, 2.24) is 4.57 Å². The molecule has 0 aliphatic heterocycles. The Kier molecular flexibility index (Phi) is 8.87. The minimum Gasteiger partial charge on any atom is -0.311 e. The molecule has 0 amide bonds. The van der Waals surface area contributed by atoms with Gasteiger partial charge in [0.15, 0.2) is 0 Å². The van der Waals surface area contributed by atoms with E-state index in [4.69, 9.17) is 0 Å². The fourth-order valence-corrected chi connectivity index (χ4v) is 9.01.